The maximum Gasteiger partial charge on any atom is 0.222 e. The van der Waals surface area contributed by atoms with Crippen molar-refractivity contribution in [3.8, 4) is 0 Å². The standard InChI is InChI=1S/C17H18N6O/c18-14-7-6-13-16(21-11-22-17(13)23-14)19-9-8-15(24)20-10-12-4-2-1-3-5-12/h1-7,11H,8-10H2,(H,20,24)(H3,18,19,21,22,23). The third-order valence-corrected chi connectivity index (χ3v) is 3.50. The van der Waals surface area contributed by atoms with Crippen molar-refractivity contribution in [1.82, 2.24) is 20.3 Å². The fraction of sp³-hybridized carbons (Fsp3) is 0.176. The highest BCUT2D eigenvalue weighted by Crippen LogP contribution is 2.18. The second-order valence-electron chi connectivity index (χ2n) is 5.27. The van der Waals surface area contributed by atoms with Crippen molar-refractivity contribution in [1.29, 1.82) is 0 Å². The topological polar surface area (TPSA) is 106 Å². The second kappa shape index (κ2) is 7.36. The average Bonchev–Trinajstić information content (AvgIpc) is 2.61. The lowest BCUT2D eigenvalue weighted by Crippen LogP contribution is -2.25. The molecule has 0 saturated heterocycles. The first-order chi connectivity index (χ1) is 11.7. The minimum Gasteiger partial charge on any atom is -0.384 e. The van der Waals surface area contributed by atoms with Crippen molar-refractivity contribution in [3.05, 3.63) is 54.4 Å². The molecule has 2 heterocycles. The van der Waals surface area contributed by atoms with Crippen LogP contribution in [0.25, 0.3) is 11.0 Å². The molecule has 0 atom stereocenters. The number of aromatic nitrogens is 3. The molecule has 1 amide bonds. The SMILES string of the molecule is Nc1ccc2c(NCCC(=O)NCc3ccccc3)ncnc2n1. The van der Waals surface area contributed by atoms with Crippen LogP contribution >= 0.6 is 0 Å². The Labute approximate surface area is 139 Å². The molecular formula is C17H18N6O. The van der Waals surface area contributed by atoms with Gasteiger partial charge in [0.05, 0.1) is 5.39 Å². The molecule has 24 heavy (non-hydrogen) atoms. The summed E-state index contributed by atoms with van der Waals surface area (Å²) in [6.45, 7) is 0.996. The van der Waals surface area contributed by atoms with Gasteiger partial charge in [0.25, 0.3) is 0 Å². The summed E-state index contributed by atoms with van der Waals surface area (Å²) in [6.07, 6.45) is 1.77. The van der Waals surface area contributed by atoms with Crippen LogP contribution in [0.1, 0.15) is 12.0 Å². The summed E-state index contributed by atoms with van der Waals surface area (Å²) in [6, 6.07) is 13.3. The third kappa shape index (κ3) is 3.95. The van der Waals surface area contributed by atoms with Gasteiger partial charge in [-0.25, -0.2) is 15.0 Å². The Hall–Kier alpha value is -3.22. The first kappa shape index (κ1) is 15.7. The summed E-state index contributed by atoms with van der Waals surface area (Å²) in [5.41, 5.74) is 7.25. The predicted molar refractivity (Wildman–Crippen MR) is 93.1 cm³/mol. The molecule has 7 heteroatoms. The van der Waals surface area contributed by atoms with Crippen molar-refractivity contribution in [2.75, 3.05) is 17.6 Å². The van der Waals surface area contributed by atoms with Gasteiger partial charge in [0.1, 0.15) is 18.0 Å². The van der Waals surface area contributed by atoms with Gasteiger partial charge in [0.2, 0.25) is 5.91 Å². The Kier molecular flexibility index (Phi) is 4.81. The van der Waals surface area contributed by atoms with Gasteiger partial charge in [-0.05, 0) is 17.7 Å². The van der Waals surface area contributed by atoms with E-state index in [0.717, 1.165) is 10.9 Å². The van der Waals surface area contributed by atoms with Crippen LogP contribution in [-0.4, -0.2) is 27.4 Å². The summed E-state index contributed by atoms with van der Waals surface area (Å²) in [5.74, 6) is 1.03. The number of nitrogens with zero attached hydrogens (tertiary/aromatic N) is 3. The van der Waals surface area contributed by atoms with Crippen LogP contribution in [0, 0.1) is 0 Å². The van der Waals surface area contributed by atoms with E-state index in [-0.39, 0.29) is 5.91 Å². The molecule has 0 bridgehead atoms. The van der Waals surface area contributed by atoms with Gasteiger partial charge in [-0.15, -0.1) is 0 Å². The summed E-state index contributed by atoms with van der Waals surface area (Å²) >= 11 is 0. The number of fused-ring (bicyclic) bond motifs is 1. The fourth-order valence-corrected chi connectivity index (χ4v) is 2.28. The number of hydrogen-bond acceptors (Lipinski definition) is 6. The quantitative estimate of drug-likeness (QED) is 0.638. The molecule has 3 aromatic rings. The maximum atomic E-state index is 11.9. The van der Waals surface area contributed by atoms with Gasteiger partial charge >= 0.3 is 0 Å². The monoisotopic (exact) mass is 322 g/mol. The first-order valence-electron chi connectivity index (χ1n) is 7.64. The number of benzene rings is 1. The molecule has 0 aliphatic heterocycles. The van der Waals surface area contributed by atoms with E-state index in [2.05, 4.69) is 25.6 Å². The van der Waals surface area contributed by atoms with Crippen molar-refractivity contribution in [2.45, 2.75) is 13.0 Å². The van der Waals surface area contributed by atoms with E-state index in [9.17, 15) is 4.79 Å². The Morgan fingerprint density at radius 2 is 1.92 bits per heavy atom. The normalized spacial score (nSPS) is 10.5. The van der Waals surface area contributed by atoms with Crippen LogP contribution in [0.2, 0.25) is 0 Å². The van der Waals surface area contributed by atoms with Crippen LogP contribution in [0.3, 0.4) is 0 Å². The number of nitrogen functional groups attached to an aromatic ring is 1. The highest BCUT2D eigenvalue weighted by atomic mass is 16.1. The Morgan fingerprint density at radius 1 is 1.08 bits per heavy atom. The Balaban J connectivity index is 1.52. The predicted octanol–water partition coefficient (Wildman–Crippen LogP) is 1.73. The summed E-state index contributed by atoms with van der Waals surface area (Å²) < 4.78 is 0. The number of rotatable bonds is 6. The zero-order valence-electron chi connectivity index (χ0n) is 13.1. The van der Waals surface area contributed by atoms with E-state index in [1.54, 1.807) is 6.07 Å². The van der Waals surface area contributed by atoms with E-state index in [4.69, 9.17) is 5.73 Å². The molecule has 0 radical (unpaired) electrons. The molecule has 3 rings (SSSR count). The summed E-state index contributed by atoms with van der Waals surface area (Å²) in [7, 11) is 0. The molecule has 7 nitrogen and oxygen atoms in total. The smallest absolute Gasteiger partial charge is 0.222 e. The van der Waals surface area contributed by atoms with E-state index >= 15 is 0 Å². The minimum absolute atomic E-state index is 0.0212. The highest BCUT2D eigenvalue weighted by molar-refractivity contribution is 5.87. The molecule has 0 spiro atoms. The lowest BCUT2D eigenvalue weighted by molar-refractivity contribution is -0.121. The molecule has 2 aromatic heterocycles. The van der Waals surface area contributed by atoms with Crippen molar-refractivity contribution < 1.29 is 4.79 Å². The van der Waals surface area contributed by atoms with Gasteiger partial charge in [-0.2, -0.15) is 0 Å². The summed E-state index contributed by atoms with van der Waals surface area (Å²) in [4.78, 5) is 24.3. The van der Waals surface area contributed by atoms with Crippen molar-refractivity contribution >= 4 is 28.6 Å². The number of nitrogens with one attached hydrogen (secondary N) is 2. The van der Waals surface area contributed by atoms with Crippen LogP contribution in [-0.2, 0) is 11.3 Å². The van der Waals surface area contributed by atoms with Crippen molar-refractivity contribution in [3.63, 3.8) is 0 Å². The zero-order valence-corrected chi connectivity index (χ0v) is 13.1. The van der Waals surface area contributed by atoms with Crippen LogP contribution in [0.4, 0.5) is 11.6 Å². The summed E-state index contributed by atoms with van der Waals surface area (Å²) in [5, 5.41) is 6.81. The van der Waals surface area contributed by atoms with Crippen LogP contribution in [0.15, 0.2) is 48.8 Å². The zero-order chi connectivity index (χ0) is 16.8. The van der Waals surface area contributed by atoms with E-state index in [1.807, 2.05) is 36.4 Å². The van der Waals surface area contributed by atoms with Gasteiger partial charge in [-0.1, -0.05) is 30.3 Å². The lowest BCUT2D eigenvalue weighted by Gasteiger charge is -2.09. The van der Waals surface area contributed by atoms with Gasteiger partial charge in [-0.3, -0.25) is 4.79 Å². The fourth-order valence-electron chi connectivity index (χ4n) is 2.28. The van der Waals surface area contributed by atoms with Crippen LogP contribution < -0.4 is 16.4 Å². The van der Waals surface area contributed by atoms with Crippen molar-refractivity contribution in [2.24, 2.45) is 0 Å². The number of carbonyl (C=O) groups excluding carboxylic acids is 1. The molecule has 0 fully saturated rings. The lowest BCUT2D eigenvalue weighted by atomic mass is 10.2. The van der Waals surface area contributed by atoms with E-state index < -0.39 is 0 Å². The molecule has 4 N–H and O–H groups in total. The average molecular weight is 322 g/mol. The number of anilines is 2. The van der Waals surface area contributed by atoms with Gasteiger partial charge < -0.3 is 16.4 Å². The van der Waals surface area contributed by atoms with Gasteiger partial charge in [0, 0.05) is 19.5 Å². The number of nitrogens with two attached hydrogens (primary N) is 1. The van der Waals surface area contributed by atoms with E-state index in [1.165, 1.54) is 6.33 Å². The highest BCUT2D eigenvalue weighted by Gasteiger charge is 2.06. The molecule has 0 aliphatic rings. The molecule has 0 aliphatic carbocycles. The number of carbonyl (C=O) groups is 1. The van der Waals surface area contributed by atoms with Gasteiger partial charge in [0.15, 0.2) is 5.65 Å². The Morgan fingerprint density at radius 3 is 2.75 bits per heavy atom. The molecular weight excluding hydrogens is 304 g/mol. The Bertz CT molecular complexity index is 837. The molecule has 0 saturated carbocycles. The number of pyridine rings is 1. The number of amides is 1. The van der Waals surface area contributed by atoms with E-state index in [0.29, 0.717) is 36.8 Å². The third-order valence-electron chi connectivity index (χ3n) is 3.50. The first-order valence-corrected chi connectivity index (χ1v) is 7.64. The minimum atomic E-state index is -0.0212. The maximum absolute atomic E-state index is 11.9. The second-order valence-corrected chi connectivity index (χ2v) is 5.27. The molecule has 0 unspecified atom stereocenters. The van der Waals surface area contributed by atoms with Crippen LogP contribution in [0.5, 0.6) is 0 Å². The number of hydrogen-bond donors (Lipinski definition) is 3. The molecule has 1 aromatic carbocycles. The largest absolute Gasteiger partial charge is 0.384 e. The molecule has 122 valence electrons.